The van der Waals surface area contributed by atoms with Gasteiger partial charge in [0.05, 0.1) is 16.9 Å². The van der Waals surface area contributed by atoms with Crippen molar-refractivity contribution in [3.63, 3.8) is 0 Å². The van der Waals surface area contributed by atoms with Gasteiger partial charge in [0, 0.05) is 55.0 Å². The zero-order valence-corrected chi connectivity index (χ0v) is 23.7. The van der Waals surface area contributed by atoms with Gasteiger partial charge < -0.3 is 15.1 Å². The van der Waals surface area contributed by atoms with Crippen LogP contribution < -0.4 is 10.2 Å². The number of carbonyl (C=O) groups is 2. The number of aromatic nitrogens is 1. The Bertz CT molecular complexity index is 1280. The van der Waals surface area contributed by atoms with Crippen molar-refractivity contribution in [2.24, 2.45) is 11.8 Å². The normalized spacial score (nSPS) is 19.0. The highest BCUT2D eigenvalue weighted by Gasteiger charge is 2.42. The predicted octanol–water partition coefficient (Wildman–Crippen LogP) is 5.85. The van der Waals surface area contributed by atoms with Crippen LogP contribution in [-0.2, 0) is 0 Å². The van der Waals surface area contributed by atoms with E-state index in [1.54, 1.807) is 22.4 Å². The number of nitrogens with zero attached hydrogens (tertiary/aromatic N) is 4. The molecule has 2 atom stereocenters. The van der Waals surface area contributed by atoms with Gasteiger partial charge in [-0.05, 0) is 86.3 Å². The lowest BCUT2D eigenvalue weighted by Crippen LogP contribution is -2.38. The summed E-state index contributed by atoms with van der Waals surface area (Å²) < 4.78 is 0. The monoisotopic (exact) mass is 551 g/mol. The van der Waals surface area contributed by atoms with E-state index in [1.807, 2.05) is 66.8 Å². The molecule has 5 rings (SSSR count). The van der Waals surface area contributed by atoms with Crippen LogP contribution in [0.2, 0.25) is 5.02 Å². The fourth-order valence-electron chi connectivity index (χ4n) is 5.69. The average Bonchev–Trinajstić information content (AvgIpc) is 3.61. The molecule has 1 N–H and O–H groups in total. The van der Waals surface area contributed by atoms with Gasteiger partial charge >= 0.3 is 6.03 Å². The molecular formula is C29H34ClN5O2S. The topological polar surface area (TPSA) is 68.8 Å². The Kier molecular flexibility index (Phi) is 8.02. The molecule has 0 radical (unpaired) electrons. The molecule has 7 nitrogen and oxygen atoms in total. The Morgan fingerprint density at radius 1 is 1.08 bits per heavy atom. The van der Waals surface area contributed by atoms with E-state index in [0.29, 0.717) is 23.4 Å². The molecule has 2 aliphatic heterocycles. The van der Waals surface area contributed by atoms with Crippen LogP contribution in [0.3, 0.4) is 0 Å². The molecule has 4 heterocycles. The standard InChI is InChI=1S/C29H34ClN5O2S/c1-19-5-6-25(13-26(19)30)35(29(37)32-24-8-12-38-18-24)11-4-10-33-14-22-16-34(17-23(22)15-33)28(36)27-20(2)7-9-31-21(27)3/h5-9,12-13,18,22-23H,4,10-11,14-17H2,1-3H3,(H,32,37). The molecule has 2 unspecified atom stereocenters. The van der Waals surface area contributed by atoms with Crippen molar-refractivity contribution in [3.05, 3.63) is 74.7 Å². The van der Waals surface area contributed by atoms with E-state index in [2.05, 4.69) is 15.2 Å². The van der Waals surface area contributed by atoms with Gasteiger partial charge in [-0.15, -0.1) is 0 Å². The van der Waals surface area contributed by atoms with Gasteiger partial charge in [0.25, 0.3) is 5.91 Å². The lowest BCUT2D eigenvalue weighted by atomic mass is 10.0. The van der Waals surface area contributed by atoms with E-state index in [1.165, 1.54) is 0 Å². The summed E-state index contributed by atoms with van der Waals surface area (Å²) in [6.07, 6.45) is 2.61. The van der Waals surface area contributed by atoms with E-state index in [-0.39, 0.29) is 11.9 Å². The minimum Gasteiger partial charge on any atom is -0.338 e. The molecule has 2 fully saturated rings. The number of hydrogen-bond acceptors (Lipinski definition) is 5. The summed E-state index contributed by atoms with van der Waals surface area (Å²) in [4.78, 5) is 37.0. The number of aryl methyl sites for hydroxylation is 3. The van der Waals surface area contributed by atoms with Crippen LogP contribution in [0.4, 0.5) is 16.2 Å². The number of amides is 3. The zero-order valence-electron chi connectivity index (χ0n) is 22.1. The number of likely N-dealkylation sites (tertiary alicyclic amines) is 2. The van der Waals surface area contributed by atoms with Gasteiger partial charge in [-0.3, -0.25) is 14.7 Å². The third-order valence-corrected chi connectivity index (χ3v) is 8.84. The number of fused-ring (bicyclic) bond motifs is 1. The van der Waals surface area contributed by atoms with Crippen LogP contribution in [0.15, 0.2) is 47.3 Å². The van der Waals surface area contributed by atoms with Crippen LogP contribution in [0.1, 0.15) is 33.6 Å². The van der Waals surface area contributed by atoms with E-state index < -0.39 is 0 Å². The number of nitrogens with one attached hydrogen (secondary N) is 1. The summed E-state index contributed by atoms with van der Waals surface area (Å²) in [5.74, 6) is 1.09. The lowest BCUT2D eigenvalue weighted by molar-refractivity contribution is 0.0772. The zero-order chi connectivity index (χ0) is 26.8. The summed E-state index contributed by atoms with van der Waals surface area (Å²) in [7, 11) is 0. The molecule has 3 aromatic rings. The smallest absolute Gasteiger partial charge is 0.326 e. The number of benzene rings is 1. The third-order valence-electron chi connectivity index (χ3n) is 7.75. The minimum atomic E-state index is -0.156. The molecule has 2 aromatic heterocycles. The van der Waals surface area contributed by atoms with Crippen molar-refractivity contribution in [3.8, 4) is 0 Å². The third kappa shape index (κ3) is 5.72. The number of hydrogen-bond donors (Lipinski definition) is 1. The second kappa shape index (κ2) is 11.4. The Morgan fingerprint density at radius 2 is 1.84 bits per heavy atom. The van der Waals surface area contributed by atoms with Crippen LogP contribution in [0.5, 0.6) is 0 Å². The molecule has 0 aliphatic carbocycles. The van der Waals surface area contributed by atoms with E-state index in [0.717, 1.165) is 72.9 Å². The maximum absolute atomic E-state index is 13.2. The molecule has 2 saturated heterocycles. The molecule has 0 bridgehead atoms. The lowest BCUT2D eigenvalue weighted by Gasteiger charge is -2.26. The highest BCUT2D eigenvalue weighted by Crippen LogP contribution is 2.33. The average molecular weight is 552 g/mol. The molecule has 0 spiro atoms. The van der Waals surface area contributed by atoms with Gasteiger partial charge in [0.15, 0.2) is 0 Å². The number of halogens is 1. The molecule has 3 amide bonds. The maximum Gasteiger partial charge on any atom is 0.326 e. The number of carbonyl (C=O) groups excluding carboxylic acids is 2. The number of pyridine rings is 1. The van der Waals surface area contributed by atoms with Gasteiger partial charge in [0.2, 0.25) is 0 Å². The Balaban J connectivity index is 1.17. The van der Waals surface area contributed by atoms with E-state index >= 15 is 0 Å². The number of anilines is 2. The van der Waals surface area contributed by atoms with Crippen molar-refractivity contribution < 1.29 is 9.59 Å². The predicted molar refractivity (Wildman–Crippen MR) is 155 cm³/mol. The van der Waals surface area contributed by atoms with Crippen LogP contribution in [-0.4, -0.2) is 66.0 Å². The molecule has 0 saturated carbocycles. The van der Waals surface area contributed by atoms with Gasteiger partial charge in [0.1, 0.15) is 0 Å². The van der Waals surface area contributed by atoms with E-state index in [9.17, 15) is 9.59 Å². The first-order chi connectivity index (χ1) is 18.3. The second-order valence-corrected chi connectivity index (χ2v) is 11.6. The fourth-order valence-corrected chi connectivity index (χ4v) is 6.45. The van der Waals surface area contributed by atoms with Gasteiger partial charge in [-0.1, -0.05) is 17.7 Å². The highest BCUT2D eigenvalue weighted by molar-refractivity contribution is 7.08. The molecular weight excluding hydrogens is 518 g/mol. The molecule has 200 valence electrons. The summed E-state index contributed by atoms with van der Waals surface area (Å²) >= 11 is 7.94. The minimum absolute atomic E-state index is 0.109. The molecule has 1 aromatic carbocycles. The molecule has 9 heteroatoms. The Labute approximate surface area is 233 Å². The van der Waals surface area contributed by atoms with Crippen molar-refractivity contribution in [2.45, 2.75) is 27.2 Å². The maximum atomic E-state index is 13.2. The summed E-state index contributed by atoms with van der Waals surface area (Å²) in [6, 6.07) is 9.42. The summed E-state index contributed by atoms with van der Waals surface area (Å²) in [5.41, 5.74) is 5.12. The van der Waals surface area contributed by atoms with Crippen molar-refractivity contribution in [1.82, 2.24) is 14.8 Å². The Hall–Kier alpha value is -2.94. The Morgan fingerprint density at radius 3 is 2.50 bits per heavy atom. The molecule has 38 heavy (non-hydrogen) atoms. The quantitative estimate of drug-likeness (QED) is 0.400. The highest BCUT2D eigenvalue weighted by atomic mass is 35.5. The van der Waals surface area contributed by atoms with Crippen molar-refractivity contribution >= 4 is 46.3 Å². The largest absolute Gasteiger partial charge is 0.338 e. The van der Waals surface area contributed by atoms with Crippen LogP contribution in [0, 0.1) is 32.6 Å². The van der Waals surface area contributed by atoms with Gasteiger partial charge in [-0.25, -0.2) is 4.79 Å². The fraction of sp³-hybridized carbons (Fsp3) is 0.414. The second-order valence-electron chi connectivity index (χ2n) is 10.5. The SMILES string of the molecule is Cc1ccc(N(CCCN2CC3CN(C(=O)c4c(C)ccnc4C)CC3C2)C(=O)Nc2ccsc2)cc1Cl. The first-order valence-electron chi connectivity index (χ1n) is 13.1. The first-order valence-corrected chi connectivity index (χ1v) is 14.4. The van der Waals surface area contributed by atoms with Crippen molar-refractivity contribution in [1.29, 1.82) is 0 Å². The number of rotatable bonds is 7. The van der Waals surface area contributed by atoms with Gasteiger partial charge in [-0.2, -0.15) is 11.3 Å². The molecule has 2 aliphatic rings. The van der Waals surface area contributed by atoms with Crippen molar-refractivity contribution in [2.75, 3.05) is 49.5 Å². The number of urea groups is 1. The van der Waals surface area contributed by atoms with E-state index in [4.69, 9.17) is 11.6 Å². The van der Waals surface area contributed by atoms with Crippen LogP contribution in [0.25, 0.3) is 0 Å². The summed E-state index contributed by atoms with van der Waals surface area (Å²) in [6.45, 7) is 10.9. The van der Waals surface area contributed by atoms with Crippen LogP contribution >= 0.6 is 22.9 Å². The number of thiophene rings is 1. The summed E-state index contributed by atoms with van der Waals surface area (Å²) in [5, 5.41) is 7.52. The first kappa shape index (κ1) is 26.7.